The normalized spacial score (nSPS) is 22.3. The number of rotatable bonds is 0. The third-order valence-electron chi connectivity index (χ3n) is 5.43. The number of pyridine rings is 2. The molecule has 26 heavy (non-hydrogen) atoms. The summed E-state index contributed by atoms with van der Waals surface area (Å²) in [7, 11) is 0. The van der Waals surface area contributed by atoms with Gasteiger partial charge in [0.2, 0.25) is 0 Å². The van der Waals surface area contributed by atoms with Crippen molar-refractivity contribution >= 4 is 18.1 Å². The van der Waals surface area contributed by atoms with Crippen molar-refractivity contribution in [2.75, 3.05) is 0 Å². The molecule has 4 heterocycles. The second-order valence-electron chi connectivity index (χ2n) is 6.90. The Morgan fingerprint density at radius 2 is 2.08 bits per heavy atom. The predicted molar refractivity (Wildman–Crippen MR) is 91.3 cm³/mol. The van der Waals surface area contributed by atoms with Crippen molar-refractivity contribution in [2.24, 2.45) is 0 Å². The summed E-state index contributed by atoms with van der Waals surface area (Å²) in [5.74, 6) is -0.744. The molecule has 0 saturated carbocycles. The first-order valence-corrected chi connectivity index (χ1v) is 8.47. The molecular formula is C19H16N2O5. The predicted octanol–water partition coefficient (Wildman–Crippen LogP) is -1.00. The van der Waals surface area contributed by atoms with Gasteiger partial charge in [-0.2, -0.15) is 0 Å². The second kappa shape index (κ2) is 5.12. The SMILES string of the molecule is Cc1c2c(nc3c1=CC(O)CC=3)-c1cc3c(c(=O)n1C2)COC(=O)[C@H]3O. The summed E-state index contributed by atoms with van der Waals surface area (Å²) in [6, 6.07) is 1.67. The van der Waals surface area contributed by atoms with Crippen LogP contribution in [0, 0.1) is 6.92 Å². The van der Waals surface area contributed by atoms with Crippen LogP contribution < -0.4 is 16.1 Å². The average molecular weight is 352 g/mol. The van der Waals surface area contributed by atoms with Crippen molar-refractivity contribution in [3.8, 4) is 11.4 Å². The van der Waals surface area contributed by atoms with Crippen LogP contribution in [-0.4, -0.2) is 31.8 Å². The zero-order chi connectivity index (χ0) is 18.2. The van der Waals surface area contributed by atoms with Gasteiger partial charge in [-0.3, -0.25) is 4.79 Å². The van der Waals surface area contributed by atoms with Crippen LogP contribution in [0.1, 0.15) is 34.8 Å². The third kappa shape index (κ3) is 1.92. The van der Waals surface area contributed by atoms with E-state index in [0.29, 0.717) is 35.5 Å². The number of cyclic esters (lactones) is 1. The van der Waals surface area contributed by atoms with E-state index >= 15 is 0 Å². The molecule has 0 saturated heterocycles. The highest BCUT2D eigenvalue weighted by atomic mass is 16.5. The second-order valence-corrected chi connectivity index (χ2v) is 6.90. The molecule has 0 amide bonds. The Morgan fingerprint density at radius 1 is 1.27 bits per heavy atom. The molecule has 5 rings (SSSR count). The molecule has 0 fully saturated rings. The number of nitrogens with zero attached hydrogens (tertiary/aromatic N) is 2. The molecule has 7 nitrogen and oxygen atoms in total. The Balaban J connectivity index is 1.81. The molecule has 3 aliphatic rings. The summed E-state index contributed by atoms with van der Waals surface area (Å²) in [6.07, 6.45) is 2.21. The summed E-state index contributed by atoms with van der Waals surface area (Å²) < 4.78 is 6.50. The quantitative estimate of drug-likeness (QED) is 0.503. The highest BCUT2D eigenvalue weighted by molar-refractivity contribution is 5.79. The molecule has 0 bridgehead atoms. The largest absolute Gasteiger partial charge is 0.458 e. The summed E-state index contributed by atoms with van der Waals surface area (Å²) in [5, 5.41) is 21.7. The van der Waals surface area contributed by atoms with Crippen LogP contribution in [0.25, 0.3) is 23.5 Å². The molecule has 1 unspecified atom stereocenters. The van der Waals surface area contributed by atoms with E-state index in [4.69, 9.17) is 9.72 Å². The van der Waals surface area contributed by atoms with Gasteiger partial charge in [0, 0.05) is 16.3 Å². The third-order valence-corrected chi connectivity index (χ3v) is 5.43. The van der Waals surface area contributed by atoms with Gasteiger partial charge in [0.1, 0.15) is 6.61 Å². The van der Waals surface area contributed by atoms with Crippen molar-refractivity contribution in [1.82, 2.24) is 9.55 Å². The van der Waals surface area contributed by atoms with Crippen LogP contribution >= 0.6 is 0 Å². The molecular weight excluding hydrogens is 336 g/mol. The number of fused-ring (bicyclic) bond motifs is 5. The van der Waals surface area contributed by atoms with Crippen molar-refractivity contribution in [2.45, 2.75) is 38.7 Å². The fourth-order valence-electron chi connectivity index (χ4n) is 4.00. The molecule has 1 aliphatic carbocycles. The monoisotopic (exact) mass is 352 g/mol. The first-order chi connectivity index (χ1) is 12.5. The van der Waals surface area contributed by atoms with Crippen molar-refractivity contribution in [3.63, 3.8) is 0 Å². The van der Waals surface area contributed by atoms with E-state index in [1.807, 2.05) is 13.0 Å². The summed E-state index contributed by atoms with van der Waals surface area (Å²) in [4.78, 5) is 29.3. The fraction of sp³-hybridized carbons (Fsp3) is 0.316. The lowest BCUT2D eigenvalue weighted by Gasteiger charge is -2.21. The van der Waals surface area contributed by atoms with E-state index in [1.54, 1.807) is 16.7 Å². The minimum atomic E-state index is -1.45. The summed E-state index contributed by atoms with van der Waals surface area (Å²) in [6.45, 7) is 2.20. The topological polar surface area (TPSA) is 102 Å². The molecule has 0 radical (unpaired) electrons. The number of hydrogen-bond acceptors (Lipinski definition) is 6. The van der Waals surface area contributed by atoms with Crippen molar-refractivity contribution < 1.29 is 19.7 Å². The fourth-order valence-corrected chi connectivity index (χ4v) is 4.00. The van der Waals surface area contributed by atoms with Crippen molar-refractivity contribution in [1.29, 1.82) is 0 Å². The number of hydrogen-bond donors (Lipinski definition) is 2. The van der Waals surface area contributed by atoms with Gasteiger partial charge in [-0.1, -0.05) is 6.08 Å². The van der Waals surface area contributed by atoms with Crippen LogP contribution in [0.15, 0.2) is 10.9 Å². The number of aromatic nitrogens is 2. The first-order valence-electron chi connectivity index (χ1n) is 8.47. The van der Waals surface area contributed by atoms with E-state index in [9.17, 15) is 19.8 Å². The number of esters is 1. The molecule has 2 aliphatic heterocycles. The Hall–Kier alpha value is -2.77. The van der Waals surface area contributed by atoms with Gasteiger partial charge >= 0.3 is 5.97 Å². The standard InChI is InChI=1S/C19H16N2O5/c1-8-10-4-9(22)2-3-14(10)20-16-12(8)6-21-15(16)5-11-13(18(21)24)7-26-19(25)17(11)23/h3-5,9,17,22-23H,2,6-7H2,1H3/t9?,17-/m0/s1. The Bertz CT molecular complexity index is 1180. The minimum absolute atomic E-state index is 0.128. The van der Waals surface area contributed by atoms with Crippen LogP contribution in [0.4, 0.5) is 0 Å². The highest BCUT2D eigenvalue weighted by Crippen LogP contribution is 2.33. The maximum absolute atomic E-state index is 12.9. The van der Waals surface area contributed by atoms with Gasteiger partial charge in [-0.05, 0) is 31.1 Å². The summed E-state index contributed by atoms with van der Waals surface area (Å²) in [5.41, 5.74) is 3.53. The molecule has 2 aromatic rings. The van der Waals surface area contributed by atoms with Crippen LogP contribution in [0.5, 0.6) is 0 Å². The van der Waals surface area contributed by atoms with E-state index in [0.717, 1.165) is 21.7 Å². The van der Waals surface area contributed by atoms with Crippen molar-refractivity contribution in [3.05, 3.63) is 49.2 Å². The smallest absolute Gasteiger partial charge is 0.340 e. The molecule has 2 aromatic heterocycles. The van der Waals surface area contributed by atoms with Gasteiger partial charge in [-0.15, -0.1) is 0 Å². The van der Waals surface area contributed by atoms with Gasteiger partial charge in [0.05, 0.1) is 34.9 Å². The molecule has 2 N–H and O–H groups in total. The molecule has 0 spiro atoms. The minimum Gasteiger partial charge on any atom is -0.458 e. The Labute approximate surface area is 147 Å². The van der Waals surface area contributed by atoms with Gasteiger partial charge in [-0.25, -0.2) is 9.78 Å². The molecule has 2 atom stereocenters. The highest BCUT2D eigenvalue weighted by Gasteiger charge is 2.34. The number of carbonyl (C=O) groups excluding carboxylic acids is 1. The lowest BCUT2D eigenvalue weighted by Crippen LogP contribution is -2.36. The summed E-state index contributed by atoms with van der Waals surface area (Å²) >= 11 is 0. The van der Waals surface area contributed by atoms with E-state index in [1.165, 1.54) is 0 Å². The zero-order valence-corrected chi connectivity index (χ0v) is 14.0. The van der Waals surface area contributed by atoms with Crippen LogP contribution in [0.3, 0.4) is 0 Å². The molecule has 132 valence electrons. The van der Waals surface area contributed by atoms with Crippen LogP contribution in [0.2, 0.25) is 0 Å². The molecule has 0 aromatic carbocycles. The Kier molecular flexibility index (Phi) is 3.05. The van der Waals surface area contributed by atoms with Gasteiger partial charge in [0.25, 0.3) is 5.56 Å². The maximum atomic E-state index is 12.9. The lowest BCUT2D eigenvalue weighted by atomic mass is 9.98. The Morgan fingerprint density at radius 3 is 2.88 bits per heavy atom. The molecule has 7 heteroatoms. The lowest BCUT2D eigenvalue weighted by molar-refractivity contribution is -0.157. The first kappa shape index (κ1) is 15.5. The number of ether oxygens (including phenoxy) is 1. The van der Waals surface area contributed by atoms with Gasteiger partial charge < -0.3 is 19.5 Å². The van der Waals surface area contributed by atoms with Crippen LogP contribution in [-0.2, 0) is 22.7 Å². The van der Waals surface area contributed by atoms with E-state index < -0.39 is 18.2 Å². The zero-order valence-electron chi connectivity index (χ0n) is 14.0. The number of carbonyl (C=O) groups is 1. The average Bonchev–Trinajstić information content (AvgIpc) is 2.99. The maximum Gasteiger partial charge on any atom is 0.340 e. The van der Waals surface area contributed by atoms with E-state index in [-0.39, 0.29) is 12.2 Å². The van der Waals surface area contributed by atoms with Gasteiger partial charge in [0.15, 0.2) is 6.10 Å². The van der Waals surface area contributed by atoms with E-state index in [2.05, 4.69) is 0 Å². The number of aliphatic hydroxyl groups is 2. The number of aliphatic hydroxyl groups excluding tert-OH is 2.